The van der Waals surface area contributed by atoms with Crippen LogP contribution in [0.3, 0.4) is 0 Å². The van der Waals surface area contributed by atoms with E-state index in [4.69, 9.17) is 4.74 Å². The lowest BCUT2D eigenvalue weighted by Gasteiger charge is -2.29. The van der Waals surface area contributed by atoms with Gasteiger partial charge in [0.25, 0.3) is 0 Å². The van der Waals surface area contributed by atoms with Crippen LogP contribution in [0.4, 0.5) is 10.5 Å². The van der Waals surface area contributed by atoms with Crippen LogP contribution < -0.4 is 14.8 Å². The Morgan fingerprint density at radius 1 is 1.24 bits per heavy atom. The second-order valence-electron chi connectivity index (χ2n) is 7.74. The summed E-state index contributed by atoms with van der Waals surface area (Å²) in [4.78, 5) is 19.0. The molecule has 2 amide bonds. The quantitative estimate of drug-likeness (QED) is 0.724. The molecule has 1 fully saturated rings. The molecule has 1 aliphatic carbocycles. The van der Waals surface area contributed by atoms with Gasteiger partial charge in [0.15, 0.2) is 0 Å². The number of carbonyl (C=O) groups excluding carboxylic acids is 1. The maximum atomic E-state index is 12.3. The van der Waals surface area contributed by atoms with Crippen molar-refractivity contribution in [2.75, 3.05) is 31.7 Å². The molecule has 2 aromatic rings. The third-order valence-electron chi connectivity index (χ3n) is 5.71. The molecule has 0 atom stereocenters. The average molecular weight is 413 g/mol. The maximum Gasteiger partial charge on any atom is 0.329 e. The molecule has 29 heavy (non-hydrogen) atoms. The van der Waals surface area contributed by atoms with Crippen LogP contribution in [-0.2, 0) is 12.8 Å². The Kier molecular flexibility index (Phi) is 6.25. The van der Waals surface area contributed by atoms with Crippen LogP contribution in [0.15, 0.2) is 30.5 Å². The van der Waals surface area contributed by atoms with E-state index in [0.29, 0.717) is 5.88 Å². The largest absolute Gasteiger partial charge is 0.474 e. The number of urea groups is 1. The van der Waals surface area contributed by atoms with Gasteiger partial charge in [-0.15, -0.1) is 0 Å². The van der Waals surface area contributed by atoms with Gasteiger partial charge in [-0.2, -0.15) is 0 Å². The molecule has 1 aromatic heterocycles. The molecule has 2 heterocycles. The lowest BCUT2D eigenvalue weighted by atomic mass is 9.98. The number of rotatable bonds is 5. The van der Waals surface area contributed by atoms with Crippen molar-refractivity contribution in [1.29, 1.82) is 0 Å². The molecule has 4 rings (SSSR count). The predicted molar refractivity (Wildman–Crippen MR) is 119 cm³/mol. The molecule has 1 aliphatic heterocycles. The Labute approximate surface area is 176 Å². The number of amides is 2. The minimum atomic E-state index is -0.198. The fraction of sp³-hybridized carbons (Fsp3) is 0.455. The monoisotopic (exact) mass is 412 g/mol. The minimum Gasteiger partial charge on any atom is -0.474 e. The summed E-state index contributed by atoms with van der Waals surface area (Å²) in [6.07, 6.45) is 9.05. The van der Waals surface area contributed by atoms with Gasteiger partial charge in [-0.1, -0.05) is 24.1 Å². The molecule has 154 valence electrons. The van der Waals surface area contributed by atoms with Gasteiger partial charge in [-0.25, -0.2) is 9.78 Å². The third kappa shape index (κ3) is 4.67. The van der Waals surface area contributed by atoms with Gasteiger partial charge in [0.2, 0.25) is 5.88 Å². The SMILES string of the molecule is CSNC(=O)Nc1c(-c2ccnc(OC3CCN(C)CC3)c2)ccc2c1CCC2. The van der Waals surface area contributed by atoms with Crippen molar-refractivity contribution in [3.05, 3.63) is 41.6 Å². The summed E-state index contributed by atoms with van der Waals surface area (Å²) in [7, 11) is 2.14. The second kappa shape index (κ2) is 9.05. The Balaban J connectivity index is 1.61. The van der Waals surface area contributed by atoms with Gasteiger partial charge in [0, 0.05) is 37.2 Å². The number of benzene rings is 1. The number of fused-ring (bicyclic) bond motifs is 1. The zero-order chi connectivity index (χ0) is 20.2. The van der Waals surface area contributed by atoms with Gasteiger partial charge >= 0.3 is 6.03 Å². The third-order valence-corrected chi connectivity index (χ3v) is 6.10. The minimum absolute atomic E-state index is 0.198. The van der Waals surface area contributed by atoms with E-state index in [0.717, 1.165) is 62.0 Å². The highest BCUT2D eigenvalue weighted by atomic mass is 32.2. The van der Waals surface area contributed by atoms with Crippen LogP contribution in [0.25, 0.3) is 11.1 Å². The lowest BCUT2D eigenvalue weighted by molar-refractivity contribution is 0.110. The topological polar surface area (TPSA) is 66.5 Å². The molecule has 6 nitrogen and oxygen atoms in total. The number of ether oxygens (including phenoxy) is 1. The van der Waals surface area contributed by atoms with Crippen molar-refractivity contribution >= 4 is 23.7 Å². The highest BCUT2D eigenvalue weighted by molar-refractivity contribution is 7.97. The van der Waals surface area contributed by atoms with E-state index in [1.807, 2.05) is 18.4 Å². The molecule has 0 spiro atoms. The fourth-order valence-electron chi connectivity index (χ4n) is 4.20. The average Bonchev–Trinajstić information content (AvgIpc) is 3.20. The van der Waals surface area contributed by atoms with Crippen molar-refractivity contribution in [3.63, 3.8) is 0 Å². The maximum absolute atomic E-state index is 12.3. The molecular weight excluding hydrogens is 384 g/mol. The van der Waals surface area contributed by atoms with Crippen molar-refractivity contribution in [2.45, 2.75) is 38.2 Å². The summed E-state index contributed by atoms with van der Waals surface area (Å²) in [5.74, 6) is 0.650. The molecule has 0 saturated carbocycles. The number of hydrogen-bond acceptors (Lipinski definition) is 5. The van der Waals surface area contributed by atoms with E-state index in [1.165, 1.54) is 23.1 Å². The fourth-order valence-corrected chi connectivity index (χ4v) is 4.43. The summed E-state index contributed by atoms with van der Waals surface area (Å²) in [6, 6.07) is 8.07. The van der Waals surface area contributed by atoms with Crippen molar-refractivity contribution in [3.8, 4) is 17.0 Å². The van der Waals surface area contributed by atoms with Crippen LogP contribution in [0, 0.1) is 0 Å². The van der Waals surface area contributed by atoms with E-state index >= 15 is 0 Å². The Bertz CT molecular complexity index is 881. The van der Waals surface area contributed by atoms with Crippen molar-refractivity contribution in [1.82, 2.24) is 14.6 Å². The van der Waals surface area contributed by atoms with Gasteiger partial charge in [0.05, 0.1) is 5.69 Å². The van der Waals surface area contributed by atoms with E-state index < -0.39 is 0 Å². The summed E-state index contributed by atoms with van der Waals surface area (Å²) >= 11 is 1.29. The van der Waals surface area contributed by atoms with Crippen molar-refractivity contribution < 1.29 is 9.53 Å². The van der Waals surface area contributed by atoms with Gasteiger partial charge < -0.3 is 15.0 Å². The molecule has 2 N–H and O–H groups in total. The Morgan fingerprint density at radius 2 is 2.07 bits per heavy atom. The Hall–Kier alpha value is -2.25. The number of hydrogen-bond donors (Lipinski definition) is 2. The smallest absolute Gasteiger partial charge is 0.329 e. The first-order valence-electron chi connectivity index (χ1n) is 10.2. The summed E-state index contributed by atoms with van der Waals surface area (Å²) in [5.41, 5.74) is 5.50. The zero-order valence-electron chi connectivity index (χ0n) is 17.0. The number of aryl methyl sites for hydroxylation is 1. The first-order chi connectivity index (χ1) is 14.1. The number of anilines is 1. The number of piperidine rings is 1. The molecule has 0 unspecified atom stereocenters. The van der Waals surface area contributed by atoms with Crippen LogP contribution >= 0.6 is 11.9 Å². The van der Waals surface area contributed by atoms with Gasteiger partial charge in [-0.3, -0.25) is 4.72 Å². The first kappa shape index (κ1) is 20.0. The molecular formula is C22H28N4O2S. The molecule has 0 radical (unpaired) electrons. The second-order valence-corrected chi connectivity index (χ2v) is 8.36. The number of nitrogens with one attached hydrogen (secondary N) is 2. The van der Waals surface area contributed by atoms with Crippen LogP contribution in [0.2, 0.25) is 0 Å². The highest BCUT2D eigenvalue weighted by Gasteiger charge is 2.22. The molecule has 1 saturated heterocycles. The molecule has 7 heteroatoms. The van der Waals surface area contributed by atoms with E-state index in [9.17, 15) is 4.79 Å². The summed E-state index contributed by atoms with van der Waals surface area (Å²) in [5, 5.41) is 3.08. The first-order valence-corrected chi connectivity index (χ1v) is 11.4. The molecule has 1 aromatic carbocycles. The van der Waals surface area contributed by atoms with E-state index in [2.05, 4.69) is 39.1 Å². The van der Waals surface area contributed by atoms with Crippen molar-refractivity contribution in [2.24, 2.45) is 0 Å². The Morgan fingerprint density at radius 3 is 2.86 bits per heavy atom. The van der Waals surface area contributed by atoms with Crippen LogP contribution in [-0.4, -0.2) is 48.4 Å². The number of aromatic nitrogens is 1. The summed E-state index contributed by atoms with van der Waals surface area (Å²) < 4.78 is 8.94. The van der Waals surface area contributed by atoms with Gasteiger partial charge in [-0.05, 0) is 61.9 Å². The van der Waals surface area contributed by atoms with E-state index in [-0.39, 0.29) is 12.1 Å². The molecule has 0 bridgehead atoms. The number of nitrogens with zero attached hydrogens (tertiary/aromatic N) is 2. The van der Waals surface area contributed by atoms with Gasteiger partial charge in [0.1, 0.15) is 6.10 Å². The highest BCUT2D eigenvalue weighted by Crippen LogP contribution is 2.38. The zero-order valence-corrected chi connectivity index (χ0v) is 17.8. The lowest BCUT2D eigenvalue weighted by Crippen LogP contribution is -2.35. The normalized spacial score (nSPS) is 17.0. The predicted octanol–water partition coefficient (Wildman–Crippen LogP) is 4.11. The molecule has 2 aliphatic rings. The number of pyridine rings is 1. The number of carbonyl (C=O) groups is 1. The van der Waals surface area contributed by atoms with E-state index in [1.54, 1.807) is 6.20 Å². The summed E-state index contributed by atoms with van der Waals surface area (Å²) in [6.45, 7) is 2.10. The van der Waals surface area contributed by atoms with Crippen LogP contribution in [0.5, 0.6) is 5.88 Å². The van der Waals surface area contributed by atoms with Crippen LogP contribution in [0.1, 0.15) is 30.4 Å². The number of likely N-dealkylation sites (tertiary alicyclic amines) is 1. The standard InChI is InChI=1S/C22H28N4O2S/c1-26-12-9-17(10-13-26)28-20-14-16(8-11-23-20)19-7-6-15-4-3-5-18(15)21(19)24-22(27)25-29-2/h6-8,11,14,17H,3-5,9-10,12-13H2,1-2H3,(H2,24,25,27).